The monoisotopic (exact) mass is 294 g/mol. The normalized spacial score (nSPS) is 8.87. The largest absolute Gasteiger partial charge is 0.505 e. The van der Waals surface area contributed by atoms with Gasteiger partial charge in [-0.2, -0.15) is 0 Å². The summed E-state index contributed by atoms with van der Waals surface area (Å²) in [4.78, 5) is 11.0. The molecule has 5 heteroatoms. The molecule has 0 aliphatic rings. The van der Waals surface area contributed by atoms with E-state index in [0.717, 1.165) is 0 Å². The maximum absolute atomic E-state index is 11.0. The van der Waals surface area contributed by atoms with Crippen molar-refractivity contribution in [2.45, 2.75) is 13.8 Å². The molecule has 0 bridgehead atoms. The van der Waals surface area contributed by atoms with Crippen LogP contribution in [0.4, 0.5) is 0 Å². The predicted octanol–water partition coefficient (Wildman–Crippen LogP) is 3.62. The number of methoxy groups -OCH3 is 1. The van der Waals surface area contributed by atoms with E-state index in [9.17, 15) is 9.90 Å². The first-order chi connectivity index (χ1) is 7.06. The highest BCUT2D eigenvalue weighted by Crippen LogP contribution is 2.33. The van der Waals surface area contributed by atoms with Crippen molar-refractivity contribution in [3.63, 3.8) is 0 Å². The van der Waals surface area contributed by atoms with Crippen LogP contribution in [0.1, 0.15) is 24.2 Å². The maximum atomic E-state index is 11.0. The second-order valence-corrected chi connectivity index (χ2v) is 3.54. The van der Waals surface area contributed by atoms with Crippen LogP contribution in [0.25, 0.3) is 0 Å². The lowest BCUT2D eigenvalue weighted by atomic mass is 10.2. The molecule has 0 saturated carbocycles. The molecule has 1 aromatic carbocycles. The van der Waals surface area contributed by atoms with Gasteiger partial charge in [0, 0.05) is 0 Å². The van der Waals surface area contributed by atoms with Gasteiger partial charge in [0.25, 0.3) is 0 Å². The summed E-state index contributed by atoms with van der Waals surface area (Å²) < 4.78 is 4.85. The molecule has 0 aliphatic carbocycles. The second kappa shape index (κ2) is 6.69. The van der Waals surface area contributed by atoms with Crippen molar-refractivity contribution in [3.8, 4) is 5.75 Å². The van der Waals surface area contributed by atoms with E-state index in [1.807, 2.05) is 13.8 Å². The summed E-state index contributed by atoms with van der Waals surface area (Å²) in [5.41, 5.74) is 0.289. The highest BCUT2D eigenvalue weighted by atomic mass is 79.9. The lowest BCUT2D eigenvalue weighted by molar-refractivity contribution is 0.0600. The molecule has 0 spiro atoms. The van der Waals surface area contributed by atoms with E-state index >= 15 is 0 Å². The van der Waals surface area contributed by atoms with E-state index in [2.05, 4.69) is 20.7 Å². The van der Waals surface area contributed by atoms with Gasteiger partial charge in [-0.05, 0) is 28.1 Å². The molecule has 0 aliphatic heterocycles. The van der Waals surface area contributed by atoms with E-state index in [1.165, 1.54) is 19.2 Å². The number of benzene rings is 1. The number of hydrogen-bond acceptors (Lipinski definition) is 3. The first-order valence-corrected chi connectivity index (χ1v) is 5.49. The number of aromatic hydroxyl groups is 1. The molecular formula is C10H12BrClO3. The summed E-state index contributed by atoms with van der Waals surface area (Å²) >= 11 is 8.68. The van der Waals surface area contributed by atoms with Gasteiger partial charge in [0.1, 0.15) is 5.75 Å². The molecular weight excluding hydrogens is 283 g/mol. The minimum absolute atomic E-state index is 0.0886. The van der Waals surface area contributed by atoms with Crippen molar-refractivity contribution in [2.24, 2.45) is 0 Å². The quantitative estimate of drug-likeness (QED) is 0.805. The third-order valence-electron chi connectivity index (χ3n) is 1.44. The van der Waals surface area contributed by atoms with Gasteiger partial charge in [0.2, 0.25) is 0 Å². The van der Waals surface area contributed by atoms with Crippen LogP contribution in [-0.2, 0) is 4.74 Å². The Balaban J connectivity index is 0.000000921. The molecule has 0 fully saturated rings. The number of hydrogen-bond donors (Lipinski definition) is 1. The van der Waals surface area contributed by atoms with E-state index in [4.69, 9.17) is 11.6 Å². The minimum Gasteiger partial charge on any atom is -0.505 e. The highest BCUT2D eigenvalue weighted by Gasteiger charge is 2.11. The van der Waals surface area contributed by atoms with E-state index in [1.54, 1.807) is 0 Å². The third kappa shape index (κ3) is 3.72. The number of phenolic OH excluding ortho intramolecular Hbond substituents is 1. The fourth-order valence-corrected chi connectivity index (χ4v) is 1.59. The fraction of sp³-hybridized carbons (Fsp3) is 0.300. The van der Waals surface area contributed by atoms with Crippen molar-refractivity contribution in [1.82, 2.24) is 0 Å². The van der Waals surface area contributed by atoms with Crippen molar-refractivity contribution in [3.05, 3.63) is 27.2 Å². The summed E-state index contributed by atoms with van der Waals surface area (Å²) in [5.74, 6) is -0.586. The SMILES string of the molecule is CC.COC(=O)c1cc(Cl)c(O)c(Br)c1. The standard InChI is InChI=1S/C8H6BrClO3.C2H6/c1-13-8(12)4-2-5(9)7(11)6(10)3-4;1-2/h2-3,11H,1H3;1-2H3. The van der Waals surface area contributed by atoms with Crippen LogP contribution in [0.5, 0.6) is 5.75 Å². The van der Waals surface area contributed by atoms with Crippen LogP contribution in [-0.4, -0.2) is 18.2 Å². The first kappa shape index (κ1) is 14.3. The first-order valence-electron chi connectivity index (χ1n) is 4.32. The molecule has 0 unspecified atom stereocenters. The zero-order valence-electron chi connectivity index (χ0n) is 8.67. The smallest absolute Gasteiger partial charge is 0.337 e. The molecule has 15 heavy (non-hydrogen) atoms. The van der Waals surface area contributed by atoms with Gasteiger partial charge in [0.05, 0.1) is 22.2 Å². The predicted molar refractivity (Wildman–Crippen MR) is 63.5 cm³/mol. The summed E-state index contributed by atoms with van der Waals surface area (Å²) in [6, 6.07) is 2.78. The maximum Gasteiger partial charge on any atom is 0.337 e. The molecule has 1 aromatic rings. The zero-order chi connectivity index (χ0) is 12.0. The molecule has 1 N–H and O–H groups in total. The number of phenols is 1. The second-order valence-electron chi connectivity index (χ2n) is 2.28. The molecule has 3 nitrogen and oxygen atoms in total. The highest BCUT2D eigenvalue weighted by molar-refractivity contribution is 9.10. The van der Waals surface area contributed by atoms with Gasteiger partial charge >= 0.3 is 5.97 Å². The summed E-state index contributed by atoms with van der Waals surface area (Å²) in [6.07, 6.45) is 0. The number of ether oxygens (including phenoxy) is 1. The molecule has 0 saturated heterocycles. The summed E-state index contributed by atoms with van der Waals surface area (Å²) in [7, 11) is 1.27. The third-order valence-corrected chi connectivity index (χ3v) is 2.33. The van der Waals surface area contributed by atoms with Crippen molar-refractivity contribution in [1.29, 1.82) is 0 Å². The zero-order valence-corrected chi connectivity index (χ0v) is 11.0. The van der Waals surface area contributed by atoms with Crippen LogP contribution >= 0.6 is 27.5 Å². The van der Waals surface area contributed by atoms with E-state index < -0.39 is 5.97 Å². The Hall–Kier alpha value is -0.740. The topological polar surface area (TPSA) is 46.5 Å². The Morgan fingerprint density at radius 3 is 2.40 bits per heavy atom. The van der Waals surface area contributed by atoms with Crippen LogP contribution in [0.2, 0.25) is 5.02 Å². The van der Waals surface area contributed by atoms with Gasteiger partial charge in [-0.25, -0.2) is 4.79 Å². The van der Waals surface area contributed by atoms with E-state index in [0.29, 0.717) is 4.47 Å². The van der Waals surface area contributed by atoms with Crippen LogP contribution in [0, 0.1) is 0 Å². The van der Waals surface area contributed by atoms with Crippen molar-refractivity contribution in [2.75, 3.05) is 7.11 Å². The molecule has 0 heterocycles. The number of carbonyl (C=O) groups is 1. The molecule has 1 rings (SSSR count). The molecule has 84 valence electrons. The fourth-order valence-electron chi connectivity index (χ4n) is 0.801. The number of rotatable bonds is 1. The van der Waals surface area contributed by atoms with Gasteiger partial charge in [-0.15, -0.1) is 0 Å². The number of esters is 1. The summed E-state index contributed by atoms with van der Waals surface area (Å²) in [6.45, 7) is 4.00. The lowest BCUT2D eigenvalue weighted by Crippen LogP contribution is -2.00. The molecule has 0 aromatic heterocycles. The lowest BCUT2D eigenvalue weighted by Gasteiger charge is -2.03. The van der Waals surface area contributed by atoms with Crippen LogP contribution in [0.15, 0.2) is 16.6 Å². The van der Waals surface area contributed by atoms with Gasteiger partial charge in [-0.3, -0.25) is 0 Å². The average molecular weight is 296 g/mol. The van der Waals surface area contributed by atoms with Gasteiger partial charge in [-0.1, -0.05) is 25.4 Å². The number of halogens is 2. The Labute approximate surface area is 102 Å². The van der Waals surface area contributed by atoms with Gasteiger partial charge in [0.15, 0.2) is 0 Å². The molecule has 0 amide bonds. The number of carbonyl (C=O) groups excluding carboxylic acids is 1. The van der Waals surface area contributed by atoms with Crippen molar-refractivity contribution >= 4 is 33.5 Å². The Morgan fingerprint density at radius 1 is 1.47 bits per heavy atom. The molecule has 0 atom stereocenters. The van der Waals surface area contributed by atoms with E-state index in [-0.39, 0.29) is 16.3 Å². The van der Waals surface area contributed by atoms with Crippen molar-refractivity contribution < 1.29 is 14.6 Å². The Morgan fingerprint density at radius 2 is 2.00 bits per heavy atom. The molecule has 0 radical (unpaired) electrons. The summed E-state index contributed by atoms with van der Waals surface area (Å²) in [5, 5.41) is 9.36. The average Bonchev–Trinajstić information content (AvgIpc) is 2.26. The Bertz CT molecular complexity index is 330. The minimum atomic E-state index is -0.498. The van der Waals surface area contributed by atoms with Crippen LogP contribution < -0.4 is 0 Å². The van der Waals surface area contributed by atoms with Crippen LogP contribution in [0.3, 0.4) is 0 Å². The van der Waals surface area contributed by atoms with Gasteiger partial charge < -0.3 is 9.84 Å². The Kier molecular flexibility index (Phi) is 6.36.